The van der Waals surface area contributed by atoms with Crippen LogP contribution in [-0.4, -0.2) is 28.6 Å². The number of likely N-dealkylation sites (tertiary alicyclic amines) is 1. The van der Waals surface area contributed by atoms with Gasteiger partial charge < -0.3 is 5.11 Å². The molecule has 1 fully saturated rings. The zero-order valence-corrected chi connectivity index (χ0v) is 10.2. The van der Waals surface area contributed by atoms with Gasteiger partial charge in [0.15, 0.2) is 0 Å². The number of piperidine rings is 1. The first-order valence-corrected chi connectivity index (χ1v) is 6.16. The molecule has 0 unspecified atom stereocenters. The number of hydrogen-bond donors (Lipinski definition) is 1. The first kappa shape index (κ1) is 12.6. The maximum Gasteiger partial charge on any atom is 0.320 e. The predicted molar refractivity (Wildman–Crippen MR) is 66.8 cm³/mol. The molecule has 1 N–H and O–H groups in total. The highest BCUT2D eigenvalue weighted by Gasteiger charge is 2.27. The van der Waals surface area contributed by atoms with Gasteiger partial charge in [-0.25, -0.2) is 0 Å². The van der Waals surface area contributed by atoms with E-state index in [1.165, 1.54) is 0 Å². The van der Waals surface area contributed by atoms with Gasteiger partial charge in [0, 0.05) is 6.54 Å². The van der Waals surface area contributed by atoms with E-state index in [4.69, 9.17) is 5.26 Å². The van der Waals surface area contributed by atoms with Gasteiger partial charge >= 0.3 is 5.97 Å². The molecule has 4 nitrogen and oxygen atoms in total. The molecule has 0 aliphatic carbocycles. The molecule has 18 heavy (non-hydrogen) atoms. The van der Waals surface area contributed by atoms with Crippen LogP contribution in [0.15, 0.2) is 24.3 Å². The monoisotopic (exact) mass is 244 g/mol. The van der Waals surface area contributed by atoms with Gasteiger partial charge in [0.25, 0.3) is 0 Å². The molecule has 94 valence electrons. The lowest BCUT2D eigenvalue weighted by Gasteiger charge is -2.32. The minimum Gasteiger partial charge on any atom is -0.480 e. The predicted octanol–water partition coefficient (Wildman–Crippen LogP) is 2.00. The largest absolute Gasteiger partial charge is 0.480 e. The van der Waals surface area contributed by atoms with Gasteiger partial charge in [-0.05, 0) is 37.1 Å². The third kappa shape index (κ3) is 2.88. The molecule has 0 amide bonds. The van der Waals surface area contributed by atoms with Crippen molar-refractivity contribution in [1.82, 2.24) is 4.90 Å². The van der Waals surface area contributed by atoms with Crippen LogP contribution in [0.1, 0.15) is 30.4 Å². The Bertz CT molecular complexity index is 462. The summed E-state index contributed by atoms with van der Waals surface area (Å²) in [5.74, 6) is -0.733. The van der Waals surface area contributed by atoms with E-state index in [1.807, 2.05) is 17.0 Å². The Kier molecular flexibility index (Phi) is 3.96. The summed E-state index contributed by atoms with van der Waals surface area (Å²) in [5.41, 5.74) is 1.69. The lowest BCUT2D eigenvalue weighted by Crippen LogP contribution is -2.43. The SMILES string of the molecule is N#Cc1ccc(CN2CCCC[C@@H]2C(=O)O)cc1. The van der Waals surface area contributed by atoms with Gasteiger partial charge in [0.05, 0.1) is 11.6 Å². The van der Waals surface area contributed by atoms with Crippen molar-refractivity contribution in [1.29, 1.82) is 5.26 Å². The van der Waals surface area contributed by atoms with Crippen molar-refractivity contribution in [2.45, 2.75) is 31.8 Å². The number of hydrogen-bond acceptors (Lipinski definition) is 3. The topological polar surface area (TPSA) is 64.3 Å². The molecule has 1 saturated heterocycles. The van der Waals surface area contributed by atoms with Crippen molar-refractivity contribution in [2.75, 3.05) is 6.54 Å². The maximum absolute atomic E-state index is 11.2. The zero-order valence-electron chi connectivity index (χ0n) is 10.2. The van der Waals surface area contributed by atoms with Crippen LogP contribution in [0.3, 0.4) is 0 Å². The summed E-state index contributed by atoms with van der Waals surface area (Å²) in [5, 5.41) is 17.9. The third-order valence-electron chi connectivity index (χ3n) is 3.37. The van der Waals surface area contributed by atoms with E-state index in [2.05, 4.69) is 6.07 Å². The summed E-state index contributed by atoms with van der Waals surface area (Å²) in [6, 6.07) is 9.05. The summed E-state index contributed by atoms with van der Waals surface area (Å²) in [6.45, 7) is 1.47. The fraction of sp³-hybridized carbons (Fsp3) is 0.429. The van der Waals surface area contributed by atoms with Gasteiger partial charge in [0.2, 0.25) is 0 Å². The molecule has 1 aliphatic heterocycles. The van der Waals surface area contributed by atoms with Gasteiger partial charge in [0.1, 0.15) is 6.04 Å². The van der Waals surface area contributed by atoms with Crippen molar-refractivity contribution in [3.8, 4) is 6.07 Å². The van der Waals surface area contributed by atoms with Gasteiger partial charge in [-0.2, -0.15) is 5.26 Å². The Morgan fingerprint density at radius 2 is 2.11 bits per heavy atom. The lowest BCUT2D eigenvalue weighted by atomic mass is 10.0. The van der Waals surface area contributed by atoms with E-state index in [0.717, 1.165) is 31.4 Å². The molecule has 1 aromatic carbocycles. The summed E-state index contributed by atoms with van der Waals surface area (Å²) < 4.78 is 0. The highest BCUT2D eigenvalue weighted by Crippen LogP contribution is 2.20. The number of carboxylic acids is 1. The summed E-state index contributed by atoms with van der Waals surface area (Å²) in [4.78, 5) is 13.2. The summed E-state index contributed by atoms with van der Waals surface area (Å²) >= 11 is 0. The molecule has 2 rings (SSSR count). The number of carbonyl (C=O) groups is 1. The van der Waals surface area contributed by atoms with E-state index >= 15 is 0 Å². The van der Waals surface area contributed by atoms with E-state index in [0.29, 0.717) is 12.1 Å². The van der Waals surface area contributed by atoms with Crippen molar-refractivity contribution in [3.63, 3.8) is 0 Å². The molecule has 0 aromatic heterocycles. The number of carboxylic acid groups (broad SMARTS) is 1. The average Bonchev–Trinajstić information content (AvgIpc) is 2.40. The van der Waals surface area contributed by atoms with Gasteiger partial charge in [-0.3, -0.25) is 9.69 Å². The van der Waals surface area contributed by atoms with E-state index in [-0.39, 0.29) is 6.04 Å². The molecule has 0 bridgehead atoms. The third-order valence-corrected chi connectivity index (χ3v) is 3.37. The minimum atomic E-state index is -0.733. The first-order valence-electron chi connectivity index (χ1n) is 6.16. The Morgan fingerprint density at radius 3 is 2.72 bits per heavy atom. The highest BCUT2D eigenvalue weighted by atomic mass is 16.4. The number of rotatable bonds is 3. The van der Waals surface area contributed by atoms with Crippen molar-refractivity contribution >= 4 is 5.97 Å². The van der Waals surface area contributed by atoms with E-state index < -0.39 is 5.97 Å². The van der Waals surface area contributed by atoms with Crippen molar-refractivity contribution < 1.29 is 9.90 Å². The van der Waals surface area contributed by atoms with Gasteiger partial charge in [-0.15, -0.1) is 0 Å². The average molecular weight is 244 g/mol. The minimum absolute atomic E-state index is 0.366. The highest BCUT2D eigenvalue weighted by molar-refractivity contribution is 5.73. The Labute approximate surface area is 106 Å². The summed E-state index contributed by atoms with van der Waals surface area (Å²) in [6.07, 6.45) is 2.77. The molecule has 1 atom stereocenters. The molecule has 0 saturated carbocycles. The van der Waals surface area contributed by atoms with Crippen molar-refractivity contribution in [3.05, 3.63) is 35.4 Å². The fourth-order valence-corrected chi connectivity index (χ4v) is 2.38. The fourth-order valence-electron chi connectivity index (χ4n) is 2.38. The molecule has 4 heteroatoms. The number of nitriles is 1. The summed E-state index contributed by atoms with van der Waals surface area (Å²) in [7, 11) is 0. The van der Waals surface area contributed by atoms with E-state index in [1.54, 1.807) is 12.1 Å². The number of aliphatic carboxylic acids is 1. The molecule has 1 aliphatic rings. The Hall–Kier alpha value is -1.86. The van der Waals surface area contributed by atoms with Crippen LogP contribution < -0.4 is 0 Å². The zero-order chi connectivity index (χ0) is 13.0. The molecule has 1 aromatic rings. The normalized spacial score (nSPS) is 20.3. The standard InChI is InChI=1S/C14H16N2O2/c15-9-11-4-6-12(7-5-11)10-16-8-2-1-3-13(16)14(17)18/h4-7,13H,1-3,8,10H2,(H,17,18)/t13-/m1/s1. The number of benzene rings is 1. The molecule has 0 spiro atoms. The van der Waals surface area contributed by atoms with E-state index in [9.17, 15) is 9.90 Å². The van der Waals surface area contributed by atoms with Crippen LogP contribution in [-0.2, 0) is 11.3 Å². The molecule has 0 radical (unpaired) electrons. The smallest absolute Gasteiger partial charge is 0.320 e. The van der Waals surface area contributed by atoms with Crippen LogP contribution in [0.2, 0.25) is 0 Å². The second-order valence-electron chi connectivity index (χ2n) is 4.63. The van der Waals surface area contributed by atoms with Crippen LogP contribution >= 0.6 is 0 Å². The quantitative estimate of drug-likeness (QED) is 0.883. The van der Waals surface area contributed by atoms with Crippen LogP contribution in [0.4, 0.5) is 0 Å². The second-order valence-corrected chi connectivity index (χ2v) is 4.63. The number of nitrogens with zero attached hydrogens (tertiary/aromatic N) is 2. The Morgan fingerprint density at radius 1 is 1.39 bits per heavy atom. The van der Waals surface area contributed by atoms with Crippen LogP contribution in [0.25, 0.3) is 0 Å². The lowest BCUT2D eigenvalue weighted by molar-refractivity contribution is -0.144. The second kappa shape index (κ2) is 5.65. The Balaban J connectivity index is 2.06. The van der Waals surface area contributed by atoms with Gasteiger partial charge in [-0.1, -0.05) is 18.6 Å². The first-order chi connectivity index (χ1) is 8.70. The van der Waals surface area contributed by atoms with Crippen LogP contribution in [0.5, 0.6) is 0 Å². The van der Waals surface area contributed by atoms with Crippen molar-refractivity contribution in [2.24, 2.45) is 0 Å². The molecular formula is C14H16N2O2. The molecular weight excluding hydrogens is 228 g/mol. The van der Waals surface area contributed by atoms with Crippen LogP contribution in [0, 0.1) is 11.3 Å². The molecule has 1 heterocycles. The maximum atomic E-state index is 11.2.